The summed E-state index contributed by atoms with van der Waals surface area (Å²) in [4.78, 5) is 2.76. The Kier molecular flexibility index (Phi) is 3.97. The van der Waals surface area contributed by atoms with Crippen LogP contribution in [-0.4, -0.2) is 31.3 Å². The van der Waals surface area contributed by atoms with Crippen molar-refractivity contribution in [3.63, 3.8) is 0 Å². The molecule has 1 aromatic rings. The zero-order valence-corrected chi connectivity index (χ0v) is 10.9. The smallest absolute Gasteiger partial charge is 0.103 e. The van der Waals surface area contributed by atoms with Crippen LogP contribution in [0, 0.1) is 0 Å². The number of hydrogen-bond acceptors (Lipinski definition) is 3. The van der Waals surface area contributed by atoms with Gasteiger partial charge in [0.1, 0.15) is 4.99 Å². The molecule has 0 spiro atoms. The van der Waals surface area contributed by atoms with Gasteiger partial charge in [-0.05, 0) is 37.1 Å². The third-order valence-corrected chi connectivity index (χ3v) is 3.53. The van der Waals surface area contributed by atoms with Crippen molar-refractivity contribution in [1.29, 1.82) is 0 Å². The number of anilines is 1. The van der Waals surface area contributed by atoms with Gasteiger partial charge >= 0.3 is 0 Å². The second-order valence-corrected chi connectivity index (χ2v) is 4.81. The van der Waals surface area contributed by atoms with Crippen LogP contribution in [-0.2, 0) is 4.74 Å². The molecule has 0 atom stereocenters. The van der Waals surface area contributed by atoms with Crippen LogP contribution in [0.25, 0.3) is 0 Å². The molecule has 4 heteroatoms. The van der Waals surface area contributed by atoms with Crippen molar-refractivity contribution in [1.82, 2.24) is 0 Å². The summed E-state index contributed by atoms with van der Waals surface area (Å²) in [5.74, 6) is 0. The SMILES string of the molecule is CN(c1ccc(C(N)=S)cc1)C1CCOCC1. The zero-order valence-electron chi connectivity index (χ0n) is 10.1. The molecule has 1 aromatic carbocycles. The quantitative estimate of drug-likeness (QED) is 0.832. The van der Waals surface area contributed by atoms with Crippen molar-refractivity contribution in [3.8, 4) is 0 Å². The molecule has 3 nitrogen and oxygen atoms in total. The first-order valence-electron chi connectivity index (χ1n) is 5.89. The first kappa shape index (κ1) is 12.3. The summed E-state index contributed by atoms with van der Waals surface area (Å²) in [6, 6.07) is 8.67. The molecule has 0 aliphatic carbocycles. The van der Waals surface area contributed by atoms with Crippen molar-refractivity contribution in [3.05, 3.63) is 29.8 Å². The summed E-state index contributed by atoms with van der Waals surface area (Å²) in [5, 5.41) is 0. The maximum atomic E-state index is 5.58. The number of thiocarbonyl (C=S) groups is 1. The van der Waals surface area contributed by atoms with E-state index in [0.29, 0.717) is 11.0 Å². The molecular weight excluding hydrogens is 232 g/mol. The molecule has 1 aliphatic heterocycles. The van der Waals surface area contributed by atoms with Crippen LogP contribution < -0.4 is 10.6 Å². The van der Waals surface area contributed by atoms with Crippen LogP contribution in [0.15, 0.2) is 24.3 Å². The fourth-order valence-electron chi connectivity index (χ4n) is 2.14. The molecular formula is C13H18N2OS. The van der Waals surface area contributed by atoms with Gasteiger partial charge in [-0.2, -0.15) is 0 Å². The molecule has 2 N–H and O–H groups in total. The minimum atomic E-state index is 0.449. The Hall–Kier alpha value is -1.13. The van der Waals surface area contributed by atoms with Gasteiger partial charge in [0.2, 0.25) is 0 Å². The lowest BCUT2D eigenvalue weighted by Gasteiger charge is -2.33. The minimum Gasteiger partial charge on any atom is -0.389 e. The van der Waals surface area contributed by atoms with Gasteiger partial charge in [-0.3, -0.25) is 0 Å². The summed E-state index contributed by atoms with van der Waals surface area (Å²) in [5.41, 5.74) is 7.71. The Bertz CT molecular complexity index is 385. The fraction of sp³-hybridized carbons (Fsp3) is 0.462. The Labute approximate surface area is 108 Å². The topological polar surface area (TPSA) is 38.5 Å². The molecule has 1 heterocycles. The van der Waals surface area contributed by atoms with Crippen LogP contribution in [0.1, 0.15) is 18.4 Å². The van der Waals surface area contributed by atoms with Crippen molar-refractivity contribution < 1.29 is 4.74 Å². The van der Waals surface area contributed by atoms with E-state index in [9.17, 15) is 0 Å². The van der Waals surface area contributed by atoms with E-state index >= 15 is 0 Å². The van der Waals surface area contributed by atoms with E-state index in [-0.39, 0.29) is 0 Å². The maximum Gasteiger partial charge on any atom is 0.103 e. The number of benzene rings is 1. The third kappa shape index (κ3) is 2.96. The molecule has 0 radical (unpaired) electrons. The molecule has 0 unspecified atom stereocenters. The van der Waals surface area contributed by atoms with E-state index in [1.165, 1.54) is 5.69 Å². The van der Waals surface area contributed by atoms with Gasteiger partial charge in [0.15, 0.2) is 0 Å². The zero-order chi connectivity index (χ0) is 12.3. The number of nitrogens with zero attached hydrogens (tertiary/aromatic N) is 1. The summed E-state index contributed by atoms with van der Waals surface area (Å²) >= 11 is 4.94. The maximum absolute atomic E-state index is 5.58. The average molecular weight is 250 g/mol. The van der Waals surface area contributed by atoms with Gasteiger partial charge in [0.05, 0.1) is 0 Å². The van der Waals surface area contributed by atoms with Gasteiger partial charge in [0.25, 0.3) is 0 Å². The van der Waals surface area contributed by atoms with Crippen LogP contribution in [0.2, 0.25) is 0 Å². The highest BCUT2D eigenvalue weighted by atomic mass is 32.1. The van der Waals surface area contributed by atoms with Gasteiger partial charge in [-0.15, -0.1) is 0 Å². The van der Waals surface area contributed by atoms with Crippen LogP contribution in [0.3, 0.4) is 0 Å². The first-order chi connectivity index (χ1) is 8.18. The third-order valence-electron chi connectivity index (χ3n) is 3.30. The van der Waals surface area contributed by atoms with E-state index in [4.69, 9.17) is 22.7 Å². The molecule has 17 heavy (non-hydrogen) atoms. The second-order valence-electron chi connectivity index (χ2n) is 4.37. The summed E-state index contributed by atoms with van der Waals surface area (Å²) in [7, 11) is 2.13. The number of nitrogens with two attached hydrogens (primary N) is 1. The summed E-state index contributed by atoms with van der Waals surface area (Å²) in [6.07, 6.45) is 2.18. The average Bonchev–Trinajstić information content (AvgIpc) is 2.39. The number of ether oxygens (including phenoxy) is 1. The second kappa shape index (κ2) is 5.47. The van der Waals surface area contributed by atoms with E-state index in [2.05, 4.69) is 24.1 Å². The molecule has 1 aliphatic rings. The van der Waals surface area contributed by atoms with Crippen molar-refractivity contribution in [2.24, 2.45) is 5.73 Å². The van der Waals surface area contributed by atoms with E-state index in [1.807, 2.05) is 12.1 Å². The Morgan fingerprint density at radius 2 is 1.88 bits per heavy atom. The predicted molar refractivity (Wildman–Crippen MR) is 74.6 cm³/mol. The van der Waals surface area contributed by atoms with E-state index < -0.39 is 0 Å². The highest BCUT2D eigenvalue weighted by molar-refractivity contribution is 7.80. The summed E-state index contributed by atoms with van der Waals surface area (Å²) < 4.78 is 5.38. The lowest BCUT2D eigenvalue weighted by atomic mass is 10.1. The molecule has 0 saturated carbocycles. The molecule has 92 valence electrons. The van der Waals surface area contributed by atoms with Gasteiger partial charge in [0, 0.05) is 37.6 Å². The molecule has 0 aromatic heterocycles. The first-order valence-corrected chi connectivity index (χ1v) is 6.30. The highest BCUT2D eigenvalue weighted by Gasteiger charge is 2.18. The van der Waals surface area contributed by atoms with Crippen molar-refractivity contribution in [2.45, 2.75) is 18.9 Å². The largest absolute Gasteiger partial charge is 0.389 e. The number of hydrogen-bond donors (Lipinski definition) is 1. The van der Waals surface area contributed by atoms with Crippen LogP contribution in [0.4, 0.5) is 5.69 Å². The van der Waals surface area contributed by atoms with E-state index in [1.54, 1.807) is 0 Å². The molecule has 0 bridgehead atoms. The van der Waals surface area contributed by atoms with Crippen molar-refractivity contribution in [2.75, 3.05) is 25.2 Å². The molecule has 1 saturated heterocycles. The monoisotopic (exact) mass is 250 g/mol. The van der Waals surface area contributed by atoms with Crippen LogP contribution in [0.5, 0.6) is 0 Å². The Balaban J connectivity index is 2.07. The predicted octanol–water partition coefficient (Wildman–Crippen LogP) is 1.94. The highest BCUT2D eigenvalue weighted by Crippen LogP contribution is 2.21. The molecule has 2 rings (SSSR count). The Morgan fingerprint density at radius 3 is 2.41 bits per heavy atom. The van der Waals surface area contributed by atoms with Gasteiger partial charge < -0.3 is 15.4 Å². The number of rotatable bonds is 3. The molecule has 0 amide bonds. The fourth-order valence-corrected chi connectivity index (χ4v) is 2.28. The van der Waals surface area contributed by atoms with E-state index in [0.717, 1.165) is 31.6 Å². The van der Waals surface area contributed by atoms with Gasteiger partial charge in [-0.1, -0.05) is 12.2 Å². The Morgan fingerprint density at radius 1 is 1.29 bits per heavy atom. The van der Waals surface area contributed by atoms with Crippen LogP contribution >= 0.6 is 12.2 Å². The standard InChI is InChI=1S/C13H18N2OS/c1-15(12-6-8-16-9-7-12)11-4-2-10(3-5-11)13(14)17/h2-5,12H,6-9H2,1H3,(H2,14,17). The molecule has 1 fully saturated rings. The lowest BCUT2D eigenvalue weighted by Crippen LogP contribution is -2.36. The minimum absolute atomic E-state index is 0.449. The van der Waals surface area contributed by atoms with Gasteiger partial charge in [-0.25, -0.2) is 0 Å². The normalized spacial score (nSPS) is 16.8. The summed E-state index contributed by atoms with van der Waals surface area (Å²) in [6.45, 7) is 1.72. The van der Waals surface area contributed by atoms with Crippen molar-refractivity contribution >= 4 is 22.9 Å². The lowest BCUT2D eigenvalue weighted by molar-refractivity contribution is 0.0855.